The molecule has 3 aromatic rings. The molecular weight excluding hydrogens is 635 g/mol. The maximum Gasteiger partial charge on any atom is 0.350 e. The van der Waals surface area contributed by atoms with E-state index in [1.54, 1.807) is 76.6 Å². The van der Waals surface area contributed by atoms with E-state index in [0.29, 0.717) is 23.8 Å². The summed E-state index contributed by atoms with van der Waals surface area (Å²) in [5, 5.41) is 3.15. The molecule has 9 heteroatoms. The maximum absolute atomic E-state index is 14.1. The Kier molecular flexibility index (Phi) is 6.93. The number of fused-ring (bicyclic) bond motifs is 1. The number of nitrogens with one attached hydrogen (secondary N) is 1. The van der Waals surface area contributed by atoms with Gasteiger partial charge in [0.15, 0.2) is 0 Å². The first-order chi connectivity index (χ1) is 15.4. The first-order valence-corrected chi connectivity index (χ1v) is 12.0. The summed E-state index contributed by atoms with van der Waals surface area (Å²) < 4.78 is 17.6. The minimum atomic E-state index is -1.88. The zero-order valence-electron chi connectivity index (χ0n) is 17.1. The lowest BCUT2D eigenvalue weighted by Gasteiger charge is -2.22. The van der Waals surface area contributed by atoms with Gasteiger partial charge in [-0.2, -0.15) is 4.39 Å². The minimum absolute atomic E-state index is 0.357. The Bertz CT molecular complexity index is 1190. The number of halogens is 3. The molecule has 0 fully saturated rings. The van der Waals surface area contributed by atoms with E-state index in [-0.39, 0.29) is 0 Å². The number of hydrogen-bond acceptors (Lipinski definition) is 6. The highest BCUT2D eigenvalue weighted by atomic mass is 127. The number of benzene rings is 2. The molecule has 6 nitrogen and oxygen atoms in total. The van der Waals surface area contributed by atoms with Gasteiger partial charge in [0.25, 0.3) is 0 Å². The summed E-state index contributed by atoms with van der Waals surface area (Å²) in [6.07, 6.45) is 3.27. The van der Waals surface area contributed by atoms with E-state index in [1.165, 1.54) is 0 Å². The second-order valence-electron chi connectivity index (χ2n) is 7.07. The number of ether oxygens (including phenoxy) is 1. The van der Waals surface area contributed by atoms with Gasteiger partial charge in [0, 0.05) is 75.3 Å². The zero-order chi connectivity index (χ0) is 22.7. The normalized spacial score (nSPS) is 14.2. The molecular formula is C23H20FI2N5O. The number of rotatable bonds is 6. The molecule has 0 unspecified atom stereocenters. The molecule has 0 bridgehead atoms. The van der Waals surface area contributed by atoms with E-state index in [2.05, 4.69) is 15.3 Å². The number of nitrogens with two attached hydrogens (primary N) is 1. The molecule has 0 spiro atoms. The minimum Gasteiger partial charge on any atom is -0.440 e. The lowest BCUT2D eigenvalue weighted by Crippen LogP contribution is -2.20. The quantitative estimate of drug-likeness (QED) is 0.200. The van der Waals surface area contributed by atoms with Gasteiger partial charge in [-0.3, -0.25) is 4.99 Å². The molecule has 1 aliphatic rings. The van der Waals surface area contributed by atoms with Crippen LogP contribution in [-0.2, 0) is 6.42 Å². The summed E-state index contributed by atoms with van der Waals surface area (Å²) in [4.78, 5) is 13.8. The van der Waals surface area contributed by atoms with Crippen LogP contribution in [0.15, 0.2) is 71.5 Å². The summed E-state index contributed by atoms with van der Waals surface area (Å²) in [6.45, 7) is 0. The predicted octanol–water partition coefficient (Wildman–Crippen LogP) is 5.78. The smallest absolute Gasteiger partial charge is 0.350 e. The molecule has 0 aliphatic heterocycles. The van der Waals surface area contributed by atoms with Crippen LogP contribution in [0.5, 0.6) is 5.75 Å². The molecule has 3 N–H and O–H groups in total. The van der Waals surface area contributed by atoms with E-state index in [0.717, 1.165) is 40.2 Å². The molecule has 0 saturated carbocycles. The van der Waals surface area contributed by atoms with Gasteiger partial charge in [-0.1, -0.05) is 42.5 Å². The third-order valence-corrected chi connectivity index (χ3v) is 5.39. The SMILES string of the molecule is CN=C(C1=C(N)CCc2cnc(Nc3ccccc3OC(F)(I)I)nc21)c1ccccc1. The van der Waals surface area contributed by atoms with Crippen molar-refractivity contribution < 1.29 is 9.13 Å². The molecule has 1 aromatic heterocycles. The molecule has 1 heterocycles. The number of anilines is 2. The number of aliphatic imine (C=N–C) groups is 1. The van der Waals surface area contributed by atoms with Crippen molar-refractivity contribution in [2.75, 3.05) is 12.4 Å². The van der Waals surface area contributed by atoms with E-state index in [1.807, 2.05) is 36.4 Å². The molecule has 0 amide bonds. The molecule has 0 atom stereocenters. The average Bonchev–Trinajstić information content (AvgIpc) is 2.77. The van der Waals surface area contributed by atoms with E-state index in [9.17, 15) is 4.39 Å². The molecule has 32 heavy (non-hydrogen) atoms. The van der Waals surface area contributed by atoms with Crippen LogP contribution in [0.25, 0.3) is 5.57 Å². The number of hydrogen-bond donors (Lipinski definition) is 2. The van der Waals surface area contributed by atoms with Crippen molar-refractivity contribution in [3.8, 4) is 5.75 Å². The molecule has 2 aromatic carbocycles. The Morgan fingerprint density at radius 1 is 1.12 bits per heavy atom. The van der Waals surface area contributed by atoms with Crippen LogP contribution >= 0.6 is 45.2 Å². The van der Waals surface area contributed by atoms with Crippen molar-refractivity contribution in [2.24, 2.45) is 10.7 Å². The van der Waals surface area contributed by atoms with Crippen LogP contribution in [0.2, 0.25) is 0 Å². The van der Waals surface area contributed by atoms with Crippen LogP contribution in [0.4, 0.5) is 16.0 Å². The first-order valence-electron chi connectivity index (χ1n) is 9.85. The summed E-state index contributed by atoms with van der Waals surface area (Å²) in [6, 6.07) is 17.0. The van der Waals surface area contributed by atoms with Gasteiger partial charge < -0.3 is 15.8 Å². The molecule has 4 rings (SSSR count). The van der Waals surface area contributed by atoms with Crippen LogP contribution in [-0.4, -0.2) is 24.6 Å². The van der Waals surface area contributed by atoms with Gasteiger partial charge in [-0.15, -0.1) is 0 Å². The fourth-order valence-corrected chi connectivity index (χ4v) is 4.04. The maximum atomic E-state index is 14.1. The van der Waals surface area contributed by atoms with Crippen molar-refractivity contribution in [3.05, 3.63) is 83.3 Å². The second kappa shape index (κ2) is 9.69. The van der Waals surface area contributed by atoms with Gasteiger partial charge in [-0.25, -0.2) is 9.97 Å². The van der Waals surface area contributed by atoms with Gasteiger partial charge in [0.2, 0.25) is 5.95 Å². The molecule has 0 saturated heterocycles. The Labute approximate surface area is 212 Å². The van der Waals surface area contributed by atoms with E-state index in [4.69, 9.17) is 15.5 Å². The lowest BCUT2D eigenvalue weighted by molar-refractivity contribution is 0.155. The third kappa shape index (κ3) is 5.20. The summed E-state index contributed by atoms with van der Waals surface area (Å²) in [5.41, 5.74) is 12.1. The standard InChI is InChI=1S/C23H20FI2N5O/c1-28-20(14-7-3-2-4-8-14)19-16(27)12-11-15-13-29-22(31-21(15)19)30-17-9-5-6-10-18(17)32-23(24,25)26/h2-10,13H,11-12,27H2,1H3,(H,29,30,31). The topological polar surface area (TPSA) is 85.4 Å². The van der Waals surface area contributed by atoms with Crippen molar-refractivity contribution in [2.45, 2.75) is 14.7 Å². The largest absolute Gasteiger partial charge is 0.440 e. The van der Waals surface area contributed by atoms with Crippen molar-refractivity contribution in [1.29, 1.82) is 0 Å². The van der Waals surface area contributed by atoms with Crippen molar-refractivity contribution >= 4 is 68.1 Å². The molecule has 0 radical (unpaired) electrons. The van der Waals surface area contributed by atoms with Crippen LogP contribution < -0.4 is 15.8 Å². The Morgan fingerprint density at radius 3 is 2.56 bits per heavy atom. The van der Waals surface area contributed by atoms with Crippen molar-refractivity contribution in [3.63, 3.8) is 0 Å². The summed E-state index contributed by atoms with van der Waals surface area (Å²) in [7, 11) is 1.75. The number of nitrogens with zero attached hydrogens (tertiary/aromatic N) is 3. The van der Waals surface area contributed by atoms with Crippen LogP contribution in [0, 0.1) is 0 Å². The highest BCUT2D eigenvalue weighted by Crippen LogP contribution is 2.37. The molecule has 164 valence electrons. The van der Waals surface area contributed by atoms with Crippen LogP contribution in [0.3, 0.4) is 0 Å². The van der Waals surface area contributed by atoms with Gasteiger partial charge in [0.1, 0.15) is 5.75 Å². The Hall–Kier alpha value is -2.28. The number of alkyl halides is 3. The Morgan fingerprint density at radius 2 is 1.84 bits per heavy atom. The van der Waals surface area contributed by atoms with E-state index >= 15 is 0 Å². The highest BCUT2D eigenvalue weighted by Gasteiger charge is 2.26. The number of aromatic nitrogens is 2. The average molecular weight is 655 g/mol. The van der Waals surface area contributed by atoms with E-state index < -0.39 is 1.87 Å². The molecule has 1 aliphatic carbocycles. The van der Waals surface area contributed by atoms with Gasteiger partial charge >= 0.3 is 1.87 Å². The van der Waals surface area contributed by atoms with Gasteiger partial charge in [-0.05, 0) is 30.5 Å². The fourth-order valence-electron chi connectivity index (χ4n) is 3.56. The number of allylic oxidation sites excluding steroid dienone is 2. The monoisotopic (exact) mass is 655 g/mol. The fraction of sp³-hybridized carbons (Fsp3) is 0.174. The van der Waals surface area contributed by atoms with Crippen LogP contribution in [0.1, 0.15) is 23.2 Å². The third-order valence-electron chi connectivity index (χ3n) is 4.95. The second-order valence-corrected chi connectivity index (χ2v) is 11.9. The predicted molar refractivity (Wildman–Crippen MR) is 143 cm³/mol. The first kappa shape index (κ1) is 22.9. The number of aryl methyl sites for hydroxylation is 1. The lowest BCUT2D eigenvalue weighted by atomic mass is 9.88. The Balaban J connectivity index is 1.73. The highest BCUT2D eigenvalue weighted by molar-refractivity contribution is 14.2. The summed E-state index contributed by atoms with van der Waals surface area (Å²) in [5.74, 6) is 0.720. The zero-order valence-corrected chi connectivity index (χ0v) is 21.5. The van der Waals surface area contributed by atoms with Crippen molar-refractivity contribution in [1.82, 2.24) is 9.97 Å². The summed E-state index contributed by atoms with van der Waals surface area (Å²) >= 11 is 3.17. The number of para-hydroxylation sites is 2. The van der Waals surface area contributed by atoms with Gasteiger partial charge in [0.05, 0.1) is 17.1 Å².